The Balaban J connectivity index is 2.01. The molecule has 0 aromatic heterocycles. The molecule has 1 heterocycles. The van der Waals surface area contributed by atoms with Crippen LogP contribution in [0.2, 0.25) is 0 Å². The normalized spacial score (nSPS) is 16.6. The number of nitrogens with two attached hydrogens (primary N) is 1. The van der Waals surface area contributed by atoms with E-state index in [0.29, 0.717) is 11.4 Å². The van der Waals surface area contributed by atoms with Crippen molar-refractivity contribution in [1.82, 2.24) is 0 Å². The molecular formula is C21H20F3N2P. The zero-order valence-electron chi connectivity index (χ0n) is 14.8. The number of nitrogens with zero attached hydrogens (tertiary/aromatic N) is 1. The van der Waals surface area contributed by atoms with Gasteiger partial charge in [0.2, 0.25) is 0 Å². The van der Waals surface area contributed by atoms with E-state index in [0.717, 1.165) is 27.8 Å². The van der Waals surface area contributed by atoms with Gasteiger partial charge in [0.15, 0.2) is 0 Å². The van der Waals surface area contributed by atoms with Crippen molar-refractivity contribution < 1.29 is 12.6 Å². The summed E-state index contributed by atoms with van der Waals surface area (Å²) in [5, 5.41) is 0. The number of halogens is 3. The summed E-state index contributed by atoms with van der Waals surface area (Å²) in [5.41, 5.74) is 11.5. The zero-order valence-corrected chi connectivity index (χ0v) is 15.8. The number of rotatable bonds is 3. The van der Waals surface area contributed by atoms with E-state index in [2.05, 4.69) is 0 Å². The number of benzene rings is 3. The van der Waals surface area contributed by atoms with Crippen molar-refractivity contribution in [3.8, 4) is 11.1 Å². The molecule has 1 aliphatic rings. The van der Waals surface area contributed by atoms with Crippen molar-refractivity contribution >= 4 is 19.6 Å². The summed E-state index contributed by atoms with van der Waals surface area (Å²) in [6, 6.07) is 20.0. The van der Waals surface area contributed by atoms with Gasteiger partial charge >= 0.3 is 157 Å². The fourth-order valence-electron chi connectivity index (χ4n) is 3.83. The molecule has 0 aliphatic carbocycles. The predicted molar refractivity (Wildman–Crippen MR) is 108 cm³/mol. The van der Waals surface area contributed by atoms with Gasteiger partial charge in [-0.1, -0.05) is 0 Å². The molecular weight excluding hydrogens is 368 g/mol. The van der Waals surface area contributed by atoms with Crippen LogP contribution in [0.5, 0.6) is 0 Å². The van der Waals surface area contributed by atoms with E-state index in [1.165, 1.54) is 4.90 Å². The van der Waals surface area contributed by atoms with E-state index in [-0.39, 0.29) is 0 Å². The number of fused-ring (bicyclic) bond motifs is 3. The average molecular weight is 388 g/mol. The fraction of sp³-hybridized carbons (Fsp3) is 0.143. The second-order valence-electron chi connectivity index (χ2n) is 6.92. The summed E-state index contributed by atoms with van der Waals surface area (Å²) in [5.74, 6) is 0. The maximum absolute atomic E-state index is 13.7. The topological polar surface area (TPSA) is 29.3 Å². The van der Waals surface area contributed by atoms with Gasteiger partial charge in [0.1, 0.15) is 0 Å². The molecule has 2 nitrogen and oxygen atoms in total. The van der Waals surface area contributed by atoms with Crippen LogP contribution in [0.4, 0.5) is 24.0 Å². The average Bonchev–Trinajstić information content (AvgIpc) is 2.61. The third kappa shape index (κ3) is 3.40. The molecule has 27 heavy (non-hydrogen) atoms. The molecule has 4 rings (SSSR count). The number of aryl methyl sites for hydroxylation is 1. The Kier molecular flexibility index (Phi) is 4.35. The van der Waals surface area contributed by atoms with Crippen LogP contribution in [0.15, 0.2) is 66.7 Å². The van der Waals surface area contributed by atoms with E-state index in [4.69, 9.17) is 5.73 Å². The van der Waals surface area contributed by atoms with E-state index in [1.807, 2.05) is 61.5 Å². The first-order valence-corrected chi connectivity index (χ1v) is 10.6. The van der Waals surface area contributed by atoms with Gasteiger partial charge in [-0.2, -0.15) is 0 Å². The first-order chi connectivity index (χ1) is 12.8. The number of hydrogen-bond donors (Lipinski definition) is 1. The van der Waals surface area contributed by atoms with Gasteiger partial charge in [0, 0.05) is 0 Å². The summed E-state index contributed by atoms with van der Waals surface area (Å²) < 4.78 is 41.0. The molecule has 3 aromatic carbocycles. The number of hydrogen-bond acceptors (Lipinski definition) is 2. The molecule has 0 bridgehead atoms. The minimum absolute atomic E-state index is 0.520. The van der Waals surface area contributed by atoms with Gasteiger partial charge in [-0.3, -0.25) is 0 Å². The summed E-state index contributed by atoms with van der Waals surface area (Å²) in [4.78, 5) is 1.51. The summed E-state index contributed by atoms with van der Waals surface area (Å²) >= 11 is 0. The molecule has 1 aliphatic heterocycles. The Bertz CT molecular complexity index is 986. The molecule has 0 spiro atoms. The standard InChI is InChI=1S/C21H20F3N2P/c1-14-7-9-18-17-10-8-16(25)12-19(17)21(15-5-3-2-4-6-15)26(20(18)11-14)13-27(22,23)24/h2-12,21,27H,13,25H2,1H3. The van der Waals surface area contributed by atoms with Crippen LogP contribution >= 0.6 is 8.19 Å². The van der Waals surface area contributed by atoms with Crippen molar-refractivity contribution in [1.29, 1.82) is 0 Å². The van der Waals surface area contributed by atoms with Gasteiger partial charge in [-0.15, -0.1) is 0 Å². The van der Waals surface area contributed by atoms with E-state index in [9.17, 15) is 12.6 Å². The monoisotopic (exact) mass is 388 g/mol. The summed E-state index contributed by atoms with van der Waals surface area (Å²) in [6.07, 6.45) is -0.892. The molecule has 140 valence electrons. The molecule has 0 saturated heterocycles. The van der Waals surface area contributed by atoms with Crippen molar-refractivity contribution in [2.45, 2.75) is 13.0 Å². The van der Waals surface area contributed by atoms with Crippen LogP contribution in [0, 0.1) is 6.92 Å². The molecule has 0 amide bonds. The molecule has 1 unspecified atom stereocenters. The molecule has 6 heteroatoms. The Morgan fingerprint density at radius 2 is 1.63 bits per heavy atom. The summed E-state index contributed by atoms with van der Waals surface area (Å²) in [7, 11) is -5.85. The summed E-state index contributed by atoms with van der Waals surface area (Å²) in [6.45, 7) is 1.90. The molecule has 0 fully saturated rings. The van der Waals surface area contributed by atoms with Crippen LogP contribution in [0.1, 0.15) is 22.7 Å². The molecule has 0 radical (unpaired) electrons. The van der Waals surface area contributed by atoms with Crippen LogP contribution in [-0.2, 0) is 0 Å². The van der Waals surface area contributed by atoms with Crippen LogP contribution in [0.3, 0.4) is 0 Å². The SMILES string of the molecule is Cc1ccc2c(c1)N(C[PH](F)(F)F)C(c1ccccc1)c1cc(N)ccc1-2. The first-order valence-electron chi connectivity index (χ1n) is 8.72. The van der Waals surface area contributed by atoms with Gasteiger partial charge in [0.25, 0.3) is 0 Å². The van der Waals surface area contributed by atoms with Crippen molar-refractivity contribution in [2.24, 2.45) is 0 Å². The number of nitrogen functional groups attached to an aromatic ring is 1. The number of anilines is 2. The van der Waals surface area contributed by atoms with Gasteiger partial charge in [-0.05, 0) is 0 Å². The second-order valence-corrected chi connectivity index (χ2v) is 8.47. The van der Waals surface area contributed by atoms with Crippen molar-refractivity contribution in [2.75, 3.05) is 16.9 Å². The molecule has 3 aromatic rings. The Morgan fingerprint density at radius 1 is 0.926 bits per heavy atom. The third-order valence-corrected chi connectivity index (χ3v) is 5.60. The van der Waals surface area contributed by atoms with Gasteiger partial charge in [0.05, 0.1) is 0 Å². The predicted octanol–water partition coefficient (Wildman–Crippen LogP) is 6.51. The van der Waals surface area contributed by atoms with E-state index in [1.54, 1.807) is 12.1 Å². The third-order valence-electron chi connectivity index (χ3n) is 4.90. The van der Waals surface area contributed by atoms with Crippen molar-refractivity contribution in [3.63, 3.8) is 0 Å². The minimum atomic E-state index is -5.85. The van der Waals surface area contributed by atoms with E-state index < -0.39 is 20.5 Å². The molecule has 1 atom stereocenters. The molecule has 2 N–H and O–H groups in total. The van der Waals surface area contributed by atoms with Gasteiger partial charge in [-0.25, -0.2) is 0 Å². The van der Waals surface area contributed by atoms with Crippen LogP contribution in [0.25, 0.3) is 11.1 Å². The fourth-order valence-corrected chi connectivity index (χ4v) is 4.57. The first kappa shape index (κ1) is 17.9. The van der Waals surface area contributed by atoms with Crippen LogP contribution in [-0.4, -0.2) is 6.29 Å². The van der Waals surface area contributed by atoms with E-state index >= 15 is 0 Å². The Hall–Kier alpha value is -2.52. The maximum atomic E-state index is 13.7. The van der Waals surface area contributed by atoms with Crippen LogP contribution < -0.4 is 10.6 Å². The quantitative estimate of drug-likeness (QED) is 0.409. The Labute approximate surface area is 157 Å². The van der Waals surface area contributed by atoms with Gasteiger partial charge < -0.3 is 0 Å². The zero-order chi connectivity index (χ0) is 19.2. The second kappa shape index (κ2) is 6.58. The molecule has 0 saturated carbocycles. The Morgan fingerprint density at radius 3 is 2.33 bits per heavy atom. The van der Waals surface area contributed by atoms with Crippen molar-refractivity contribution in [3.05, 3.63) is 83.4 Å².